The van der Waals surface area contributed by atoms with Crippen molar-refractivity contribution >= 4 is 46.8 Å². The SMILES string of the molecule is CN(CCOCCOCCOCC(=O)Nc1ccc2c(c1)C(=O)N(C1CCC(=O)NC1=O)C2=O)CC[C@@H](c1ccccc1)n1cc(NC(=O)c2n[nH]c3c2CCC(C)(C)C3)cn1. The number of carbonyl (C=O) groups excluding carboxylic acids is 6. The average molecular weight is 852 g/mol. The summed E-state index contributed by atoms with van der Waals surface area (Å²) in [5, 5.41) is 19.9. The number of H-pyrrole nitrogens is 1. The number of ether oxygens (including phenoxy) is 3. The normalized spacial score (nSPS) is 17.5. The zero-order valence-electron chi connectivity index (χ0n) is 35.2. The Balaban J connectivity index is 0.765. The van der Waals surface area contributed by atoms with Crippen molar-refractivity contribution in [2.45, 2.75) is 64.5 Å². The van der Waals surface area contributed by atoms with Gasteiger partial charge >= 0.3 is 0 Å². The Morgan fingerprint density at radius 1 is 0.903 bits per heavy atom. The molecule has 4 aromatic rings. The summed E-state index contributed by atoms with van der Waals surface area (Å²) in [7, 11) is 2.04. The smallest absolute Gasteiger partial charge is 0.276 e. The van der Waals surface area contributed by atoms with Crippen molar-refractivity contribution < 1.29 is 43.0 Å². The maximum atomic E-state index is 13.3. The molecular weight excluding hydrogens is 799 g/mol. The van der Waals surface area contributed by atoms with Crippen LogP contribution in [0, 0.1) is 5.41 Å². The van der Waals surface area contributed by atoms with Gasteiger partial charge < -0.3 is 29.7 Å². The highest BCUT2D eigenvalue weighted by atomic mass is 16.5. The van der Waals surface area contributed by atoms with E-state index in [9.17, 15) is 28.8 Å². The molecule has 0 spiro atoms. The van der Waals surface area contributed by atoms with E-state index in [2.05, 4.69) is 62.1 Å². The lowest BCUT2D eigenvalue weighted by molar-refractivity contribution is -0.136. The number of hydrogen-bond donors (Lipinski definition) is 4. The van der Waals surface area contributed by atoms with E-state index < -0.39 is 35.6 Å². The van der Waals surface area contributed by atoms with Crippen LogP contribution in [-0.4, -0.2) is 131 Å². The molecule has 1 fully saturated rings. The number of hydrogen-bond acceptors (Lipinski definition) is 12. The first-order chi connectivity index (χ1) is 29.9. The van der Waals surface area contributed by atoms with E-state index in [1.54, 1.807) is 6.20 Å². The third-order valence-corrected chi connectivity index (χ3v) is 11.3. The van der Waals surface area contributed by atoms with E-state index in [1.807, 2.05) is 36.1 Å². The second kappa shape index (κ2) is 19.7. The molecular formula is C44H53N9O9. The van der Waals surface area contributed by atoms with Crippen LogP contribution in [0.4, 0.5) is 11.4 Å². The Bertz CT molecular complexity index is 2290. The van der Waals surface area contributed by atoms with Crippen LogP contribution >= 0.6 is 0 Å². The van der Waals surface area contributed by atoms with Gasteiger partial charge in [-0.05, 0) is 68.3 Å². The Hall–Kier alpha value is -6.08. The molecule has 0 saturated carbocycles. The van der Waals surface area contributed by atoms with Crippen molar-refractivity contribution in [3.05, 3.63) is 94.6 Å². The molecule has 6 amide bonds. The molecule has 2 aromatic heterocycles. The number of anilines is 2. The number of carbonyl (C=O) groups is 6. The number of piperidine rings is 1. The number of aromatic amines is 1. The van der Waals surface area contributed by atoms with E-state index >= 15 is 0 Å². The second-order valence-corrected chi connectivity index (χ2v) is 16.6. The number of nitrogens with one attached hydrogen (secondary N) is 4. The summed E-state index contributed by atoms with van der Waals surface area (Å²) in [6.45, 7) is 7.37. The van der Waals surface area contributed by atoms with Gasteiger partial charge in [-0.2, -0.15) is 10.2 Å². The first-order valence-corrected chi connectivity index (χ1v) is 20.9. The predicted molar refractivity (Wildman–Crippen MR) is 225 cm³/mol. The van der Waals surface area contributed by atoms with E-state index in [-0.39, 0.29) is 61.2 Å². The van der Waals surface area contributed by atoms with Crippen LogP contribution in [0.2, 0.25) is 0 Å². The summed E-state index contributed by atoms with van der Waals surface area (Å²) >= 11 is 0. The monoisotopic (exact) mass is 851 g/mol. The number of rotatable bonds is 20. The molecule has 4 N–H and O–H groups in total. The lowest BCUT2D eigenvalue weighted by Crippen LogP contribution is -2.54. The molecule has 2 aliphatic heterocycles. The number of nitrogens with zero attached hydrogens (tertiary/aromatic N) is 5. The molecule has 62 heavy (non-hydrogen) atoms. The molecule has 7 rings (SSSR count). The van der Waals surface area contributed by atoms with E-state index in [0.717, 1.165) is 53.9 Å². The summed E-state index contributed by atoms with van der Waals surface area (Å²) in [6.07, 6.45) is 7.09. The number of amides is 6. The summed E-state index contributed by atoms with van der Waals surface area (Å²) < 4.78 is 18.7. The van der Waals surface area contributed by atoms with Gasteiger partial charge in [-0.1, -0.05) is 44.2 Å². The quantitative estimate of drug-likeness (QED) is 0.0744. The van der Waals surface area contributed by atoms with Gasteiger partial charge in [0.2, 0.25) is 17.7 Å². The van der Waals surface area contributed by atoms with Gasteiger partial charge in [-0.15, -0.1) is 0 Å². The summed E-state index contributed by atoms with van der Waals surface area (Å²) in [5.74, 6) is -3.13. The standard InChI is InChI=1S/C44H53N9O9/c1-44(2)15-13-32-34(24-44)49-50-39(32)41(57)47-30-25-45-52(26-30)35(28-7-5-4-6-8-28)14-16-51(3)17-18-60-19-20-61-21-22-62-27-38(55)46-29-9-10-31-33(23-29)43(59)53(42(31)58)36-11-12-37(54)48-40(36)56/h4-10,23,25-26,35-36H,11-22,24,27H2,1-3H3,(H,46,55)(H,47,57)(H,49,50)(H,48,54,56)/t35-,36?/m0/s1. The Kier molecular flexibility index (Phi) is 14.0. The zero-order valence-corrected chi connectivity index (χ0v) is 35.2. The number of benzene rings is 2. The van der Waals surface area contributed by atoms with Gasteiger partial charge in [-0.25, -0.2) is 0 Å². The molecule has 18 nitrogen and oxygen atoms in total. The fourth-order valence-corrected chi connectivity index (χ4v) is 7.95. The largest absolute Gasteiger partial charge is 0.378 e. The highest BCUT2D eigenvalue weighted by Gasteiger charge is 2.44. The Labute approximate surface area is 359 Å². The Morgan fingerprint density at radius 2 is 1.65 bits per heavy atom. The van der Waals surface area contributed by atoms with Crippen molar-refractivity contribution in [2.75, 3.05) is 70.4 Å². The molecule has 3 aliphatic rings. The number of fused-ring (bicyclic) bond motifs is 2. The van der Waals surface area contributed by atoms with Crippen molar-refractivity contribution in [3.8, 4) is 0 Å². The Morgan fingerprint density at radius 3 is 2.42 bits per heavy atom. The minimum absolute atomic E-state index is 0.0240. The number of imide groups is 2. The molecule has 18 heteroatoms. The van der Waals surface area contributed by atoms with Crippen LogP contribution in [0.3, 0.4) is 0 Å². The minimum Gasteiger partial charge on any atom is -0.378 e. The van der Waals surface area contributed by atoms with Crippen molar-refractivity contribution in [2.24, 2.45) is 5.41 Å². The van der Waals surface area contributed by atoms with Crippen LogP contribution in [-0.2, 0) is 41.4 Å². The van der Waals surface area contributed by atoms with Crippen molar-refractivity contribution in [3.63, 3.8) is 0 Å². The van der Waals surface area contributed by atoms with Crippen molar-refractivity contribution in [1.82, 2.24) is 35.1 Å². The first-order valence-electron chi connectivity index (χ1n) is 20.9. The lowest BCUT2D eigenvalue weighted by atomic mass is 9.76. The maximum Gasteiger partial charge on any atom is 0.276 e. The molecule has 328 valence electrons. The maximum absolute atomic E-state index is 13.3. The topological polar surface area (TPSA) is 219 Å². The first kappa shape index (κ1) is 44.0. The molecule has 2 atom stereocenters. The minimum atomic E-state index is -1.07. The molecule has 1 aliphatic carbocycles. The van der Waals surface area contributed by atoms with Crippen LogP contribution in [0.1, 0.15) is 93.6 Å². The van der Waals surface area contributed by atoms with Crippen LogP contribution in [0.15, 0.2) is 60.9 Å². The fraction of sp³-hybridized carbons (Fsp3) is 0.455. The fourth-order valence-electron chi connectivity index (χ4n) is 7.95. The van der Waals surface area contributed by atoms with Gasteiger partial charge in [0.05, 0.1) is 62.1 Å². The van der Waals surface area contributed by atoms with Crippen molar-refractivity contribution in [1.29, 1.82) is 0 Å². The highest BCUT2D eigenvalue weighted by molar-refractivity contribution is 6.24. The van der Waals surface area contributed by atoms with Crippen LogP contribution < -0.4 is 16.0 Å². The van der Waals surface area contributed by atoms with Gasteiger partial charge in [0.1, 0.15) is 12.6 Å². The van der Waals surface area contributed by atoms with Gasteiger partial charge in [0.25, 0.3) is 17.7 Å². The molecule has 1 saturated heterocycles. The van der Waals surface area contributed by atoms with Crippen LogP contribution in [0.25, 0.3) is 0 Å². The van der Waals surface area contributed by atoms with Gasteiger partial charge in [-0.3, -0.25) is 48.8 Å². The number of likely N-dealkylation sites (N-methyl/N-ethyl adjacent to an activating group) is 1. The third-order valence-electron chi connectivity index (χ3n) is 11.3. The lowest BCUT2D eigenvalue weighted by Gasteiger charge is -2.28. The highest BCUT2D eigenvalue weighted by Crippen LogP contribution is 2.35. The number of aromatic nitrogens is 4. The van der Waals surface area contributed by atoms with E-state index in [0.29, 0.717) is 43.4 Å². The summed E-state index contributed by atoms with van der Waals surface area (Å²) in [5.41, 5.74) is 4.88. The molecule has 2 aromatic carbocycles. The summed E-state index contributed by atoms with van der Waals surface area (Å²) in [6, 6.07) is 13.3. The van der Waals surface area contributed by atoms with Crippen LogP contribution in [0.5, 0.6) is 0 Å². The van der Waals surface area contributed by atoms with Gasteiger partial charge in [0, 0.05) is 42.7 Å². The third kappa shape index (κ3) is 10.7. The molecule has 4 heterocycles. The summed E-state index contributed by atoms with van der Waals surface area (Å²) in [4.78, 5) is 78.6. The second-order valence-electron chi connectivity index (χ2n) is 16.6. The molecule has 0 bridgehead atoms. The molecule has 0 radical (unpaired) electrons. The zero-order chi connectivity index (χ0) is 43.8. The molecule has 1 unspecified atom stereocenters. The average Bonchev–Trinajstić information content (AvgIpc) is 3.94. The van der Waals surface area contributed by atoms with E-state index in [4.69, 9.17) is 14.2 Å². The van der Waals surface area contributed by atoms with Gasteiger partial charge in [0.15, 0.2) is 5.69 Å². The predicted octanol–water partition coefficient (Wildman–Crippen LogP) is 3.37. The van der Waals surface area contributed by atoms with E-state index in [1.165, 1.54) is 18.2 Å².